The number of piperazine rings is 1. The zero-order chi connectivity index (χ0) is 20.8. The zero-order valence-electron chi connectivity index (χ0n) is 17.3. The number of nitrogens with one attached hydrogen (secondary N) is 2. The molecule has 0 bridgehead atoms. The minimum Gasteiger partial charge on any atom is -0.494 e. The minimum absolute atomic E-state index is 0.0933. The number of amides is 2. The van der Waals surface area contributed by atoms with Gasteiger partial charge in [0.25, 0.3) is 0 Å². The Morgan fingerprint density at radius 1 is 1.38 bits per heavy atom. The van der Waals surface area contributed by atoms with Gasteiger partial charge in [0.05, 0.1) is 25.6 Å². The van der Waals surface area contributed by atoms with E-state index < -0.39 is 6.04 Å². The molecule has 1 unspecified atom stereocenters. The molecule has 1 saturated heterocycles. The fourth-order valence-corrected chi connectivity index (χ4v) is 3.50. The first-order chi connectivity index (χ1) is 14.0. The summed E-state index contributed by atoms with van der Waals surface area (Å²) < 4.78 is 5.72. The van der Waals surface area contributed by atoms with Crippen LogP contribution in [0, 0.1) is 6.92 Å². The Hall–Kier alpha value is -2.87. The maximum Gasteiger partial charge on any atom is 0.237 e. The van der Waals surface area contributed by atoms with E-state index in [0.29, 0.717) is 32.8 Å². The molecule has 0 aliphatic carbocycles. The highest BCUT2D eigenvalue weighted by atomic mass is 16.5. The first-order valence-corrected chi connectivity index (χ1v) is 9.94. The molecule has 1 aliphatic rings. The number of para-hydroxylation sites is 1. The molecule has 0 spiro atoms. The summed E-state index contributed by atoms with van der Waals surface area (Å²) >= 11 is 0. The van der Waals surface area contributed by atoms with Crippen molar-refractivity contribution in [2.24, 2.45) is 0 Å². The van der Waals surface area contributed by atoms with Gasteiger partial charge in [-0.25, -0.2) is 4.98 Å². The standard InChI is InChI=1S/C21H29N5O3/c1-4-29-18-8-6-5-7-16(18)13-26-10-9-22-21(28)17(26)11-20(27)25(3)14-19-23-12-15(2)24-19/h5-8,12,17H,4,9-11,13-14H2,1-3H3,(H,22,28)(H,23,24). The van der Waals surface area contributed by atoms with Crippen molar-refractivity contribution in [3.05, 3.63) is 47.5 Å². The average Bonchev–Trinajstić information content (AvgIpc) is 3.10. The van der Waals surface area contributed by atoms with Crippen LogP contribution in [-0.2, 0) is 22.7 Å². The lowest BCUT2D eigenvalue weighted by Gasteiger charge is -2.35. The van der Waals surface area contributed by atoms with Crippen LogP contribution in [0.1, 0.15) is 30.4 Å². The van der Waals surface area contributed by atoms with Gasteiger partial charge in [-0.3, -0.25) is 14.5 Å². The van der Waals surface area contributed by atoms with Crippen LogP contribution in [0.5, 0.6) is 5.75 Å². The van der Waals surface area contributed by atoms with Crippen molar-refractivity contribution in [2.75, 3.05) is 26.7 Å². The molecule has 2 heterocycles. The van der Waals surface area contributed by atoms with Crippen LogP contribution in [0.3, 0.4) is 0 Å². The molecule has 2 amide bonds. The monoisotopic (exact) mass is 399 g/mol. The van der Waals surface area contributed by atoms with E-state index >= 15 is 0 Å². The fourth-order valence-electron chi connectivity index (χ4n) is 3.50. The predicted molar refractivity (Wildman–Crippen MR) is 109 cm³/mol. The third-order valence-electron chi connectivity index (χ3n) is 5.02. The molecule has 1 fully saturated rings. The molecule has 156 valence electrons. The van der Waals surface area contributed by atoms with Crippen molar-refractivity contribution in [3.8, 4) is 5.75 Å². The van der Waals surface area contributed by atoms with E-state index in [9.17, 15) is 9.59 Å². The van der Waals surface area contributed by atoms with Crippen molar-refractivity contribution < 1.29 is 14.3 Å². The smallest absolute Gasteiger partial charge is 0.237 e. The quantitative estimate of drug-likeness (QED) is 0.702. The van der Waals surface area contributed by atoms with Crippen molar-refractivity contribution >= 4 is 11.8 Å². The summed E-state index contributed by atoms with van der Waals surface area (Å²) in [5, 5.41) is 2.88. The topological polar surface area (TPSA) is 90.6 Å². The van der Waals surface area contributed by atoms with Gasteiger partial charge in [0.2, 0.25) is 11.8 Å². The summed E-state index contributed by atoms with van der Waals surface area (Å²) in [7, 11) is 1.73. The summed E-state index contributed by atoms with van der Waals surface area (Å²) in [6.07, 6.45) is 1.86. The minimum atomic E-state index is -0.508. The number of hydrogen-bond donors (Lipinski definition) is 2. The van der Waals surface area contributed by atoms with Crippen LogP contribution in [0.15, 0.2) is 30.5 Å². The van der Waals surface area contributed by atoms with Crippen LogP contribution >= 0.6 is 0 Å². The lowest BCUT2D eigenvalue weighted by molar-refractivity contribution is -0.138. The lowest BCUT2D eigenvalue weighted by Crippen LogP contribution is -2.56. The maximum absolute atomic E-state index is 12.8. The summed E-state index contributed by atoms with van der Waals surface area (Å²) in [5.41, 5.74) is 1.97. The highest BCUT2D eigenvalue weighted by Crippen LogP contribution is 2.22. The second-order valence-corrected chi connectivity index (χ2v) is 7.28. The Labute approximate surface area is 171 Å². The fraction of sp³-hybridized carbons (Fsp3) is 0.476. The van der Waals surface area contributed by atoms with Crippen LogP contribution in [0.25, 0.3) is 0 Å². The molecule has 8 heteroatoms. The Morgan fingerprint density at radius 2 is 2.17 bits per heavy atom. The van der Waals surface area contributed by atoms with E-state index in [1.807, 2.05) is 38.1 Å². The van der Waals surface area contributed by atoms with E-state index in [4.69, 9.17) is 4.74 Å². The first-order valence-electron chi connectivity index (χ1n) is 9.94. The van der Waals surface area contributed by atoms with E-state index in [1.54, 1.807) is 18.1 Å². The Balaban J connectivity index is 1.68. The van der Waals surface area contributed by atoms with Gasteiger partial charge < -0.3 is 19.9 Å². The summed E-state index contributed by atoms with van der Waals surface area (Å²) in [6.45, 7) is 6.64. The van der Waals surface area contributed by atoms with Crippen LogP contribution in [-0.4, -0.2) is 64.4 Å². The number of rotatable bonds is 8. The number of carbonyl (C=O) groups excluding carboxylic acids is 2. The van der Waals surface area contributed by atoms with Gasteiger partial charge >= 0.3 is 0 Å². The SMILES string of the molecule is CCOc1ccccc1CN1CCNC(=O)C1CC(=O)N(C)Cc1ncc(C)[nH]1. The summed E-state index contributed by atoms with van der Waals surface area (Å²) in [4.78, 5) is 36.4. The molecule has 1 aromatic heterocycles. The van der Waals surface area contributed by atoms with E-state index in [0.717, 1.165) is 22.8 Å². The Bertz CT molecular complexity index is 850. The molecular formula is C21H29N5O3. The number of aryl methyl sites for hydroxylation is 1. The third kappa shape index (κ3) is 5.35. The number of benzene rings is 1. The van der Waals surface area contributed by atoms with Crippen molar-refractivity contribution in [1.82, 2.24) is 25.1 Å². The largest absolute Gasteiger partial charge is 0.494 e. The Morgan fingerprint density at radius 3 is 2.90 bits per heavy atom. The van der Waals surface area contributed by atoms with Crippen LogP contribution < -0.4 is 10.1 Å². The third-order valence-corrected chi connectivity index (χ3v) is 5.02. The number of carbonyl (C=O) groups is 2. The van der Waals surface area contributed by atoms with Crippen molar-refractivity contribution in [1.29, 1.82) is 0 Å². The number of hydrogen-bond acceptors (Lipinski definition) is 5. The maximum atomic E-state index is 12.8. The number of aromatic nitrogens is 2. The summed E-state index contributed by atoms with van der Waals surface area (Å²) in [5.74, 6) is 1.34. The number of nitrogens with zero attached hydrogens (tertiary/aromatic N) is 3. The number of H-pyrrole nitrogens is 1. The molecule has 1 atom stereocenters. The van der Waals surface area contributed by atoms with Crippen molar-refractivity contribution in [3.63, 3.8) is 0 Å². The normalized spacial score (nSPS) is 17.1. The molecule has 8 nitrogen and oxygen atoms in total. The van der Waals surface area contributed by atoms with Gasteiger partial charge in [-0.05, 0) is 19.9 Å². The molecule has 1 aromatic carbocycles. The molecule has 2 N–H and O–H groups in total. The van der Waals surface area contributed by atoms with Gasteiger partial charge in [-0.1, -0.05) is 18.2 Å². The van der Waals surface area contributed by atoms with Gasteiger partial charge in [0.15, 0.2) is 0 Å². The molecule has 0 radical (unpaired) electrons. The molecule has 3 rings (SSSR count). The van der Waals surface area contributed by atoms with E-state index in [2.05, 4.69) is 20.2 Å². The van der Waals surface area contributed by atoms with Crippen LogP contribution in [0.2, 0.25) is 0 Å². The second kappa shape index (κ2) is 9.56. The predicted octanol–water partition coefficient (Wildman–Crippen LogP) is 1.47. The highest BCUT2D eigenvalue weighted by molar-refractivity contribution is 5.88. The number of imidazole rings is 1. The van der Waals surface area contributed by atoms with Gasteiger partial charge in [-0.2, -0.15) is 0 Å². The average molecular weight is 399 g/mol. The molecule has 29 heavy (non-hydrogen) atoms. The lowest BCUT2D eigenvalue weighted by atomic mass is 10.1. The van der Waals surface area contributed by atoms with E-state index in [-0.39, 0.29) is 18.2 Å². The summed E-state index contributed by atoms with van der Waals surface area (Å²) in [6, 6.07) is 7.32. The molecule has 1 aliphatic heterocycles. The van der Waals surface area contributed by atoms with Crippen molar-refractivity contribution in [2.45, 2.75) is 39.4 Å². The van der Waals surface area contributed by atoms with E-state index in [1.165, 1.54) is 0 Å². The number of ether oxygens (including phenoxy) is 1. The molecule has 2 aromatic rings. The molecule has 0 saturated carbocycles. The number of aromatic amines is 1. The first kappa shape index (κ1) is 20.9. The van der Waals surface area contributed by atoms with Crippen LogP contribution in [0.4, 0.5) is 0 Å². The van der Waals surface area contributed by atoms with Gasteiger partial charge in [0.1, 0.15) is 11.6 Å². The second-order valence-electron chi connectivity index (χ2n) is 7.28. The van der Waals surface area contributed by atoms with Gasteiger partial charge in [-0.15, -0.1) is 0 Å². The Kier molecular flexibility index (Phi) is 6.87. The molecular weight excluding hydrogens is 370 g/mol. The van der Waals surface area contributed by atoms with Gasteiger partial charge in [0, 0.05) is 44.1 Å². The zero-order valence-corrected chi connectivity index (χ0v) is 17.3. The highest BCUT2D eigenvalue weighted by Gasteiger charge is 2.33.